The number of rotatable bonds is 72. The summed E-state index contributed by atoms with van der Waals surface area (Å²) >= 11 is 0. The fraction of sp³-hybridized carbons (Fsp3) is 0.934. The number of likely N-dealkylation sites (N-methyl/N-ethyl adjacent to an activating group) is 1. The second-order valence-corrected chi connectivity index (χ2v) is 27.3. The van der Waals surface area contributed by atoms with E-state index in [1.54, 1.807) is 0 Å². The molecule has 0 aromatic heterocycles. The average molecular weight is 1200 g/mol. The molecule has 0 saturated carbocycles. The van der Waals surface area contributed by atoms with E-state index in [4.69, 9.17) is 18.9 Å². The summed E-state index contributed by atoms with van der Waals surface area (Å²) in [6.45, 7) is 4.96. The largest absolute Gasteiger partial charge is 0.477 e. The van der Waals surface area contributed by atoms with Crippen LogP contribution in [0.3, 0.4) is 0 Å². The van der Waals surface area contributed by atoms with Gasteiger partial charge in [0.05, 0.1) is 34.4 Å². The maximum absolute atomic E-state index is 12.9. The molecule has 2 unspecified atom stereocenters. The first-order chi connectivity index (χ1) is 41.6. The first-order valence-corrected chi connectivity index (χ1v) is 37.9. The molecular weight excluding hydrogens is 1050 g/mol. The predicted molar refractivity (Wildman–Crippen MR) is 365 cm³/mol. The highest BCUT2D eigenvalue weighted by atomic mass is 16.7. The molecule has 0 aliphatic rings. The average Bonchev–Trinajstić information content (AvgIpc) is 3.49. The van der Waals surface area contributed by atoms with Gasteiger partial charge >= 0.3 is 17.9 Å². The number of quaternary nitrogens is 1. The van der Waals surface area contributed by atoms with Crippen molar-refractivity contribution in [3.63, 3.8) is 0 Å². The molecule has 0 rings (SSSR count). The molecule has 0 bridgehead atoms. The first-order valence-electron chi connectivity index (χ1n) is 37.9. The van der Waals surface area contributed by atoms with Crippen LogP contribution in [0, 0.1) is 0 Å². The lowest BCUT2D eigenvalue weighted by atomic mass is 10.0. The Labute approximate surface area is 529 Å². The third-order valence-electron chi connectivity index (χ3n) is 17.5. The fourth-order valence-corrected chi connectivity index (χ4v) is 11.7. The normalized spacial score (nSPS) is 12.6. The van der Waals surface area contributed by atoms with Crippen molar-refractivity contribution < 1.29 is 42.9 Å². The van der Waals surface area contributed by atoms with Crippen LogP contribution in [0.25, 0.3) is 0 Å². The Morgan fingerprint density at radius 1 is 0.341 bits per heavy atom. The van der Waals surface area contributed by atoms with Crippen molar-refractivity contribution in [2.75, 3.05) is 47.5 Å². The van der Waals surface area contributed by atoms with E-state index >= 15 is 0 Å². The van der Waals surface area contributed by atoms with E-state index in [-0.39, 0.29) is 38.2 Å². The summed E-state index contributed by atoms with van der Waals surface area (Å²) in [4.78, 5) is 37.7. The van der Waals surface area contributed by atoms with Crippen molar-refractivity contribution in [2.45, 2.75) is 411 Å². The molecule has 0 aliphatic heterocycles. The van der Waals surface area contributed by atoms with Crippen LogP contribution < -0.4 is 0 Å². The van der Waals surface area contributed by atoms with Crippen LogP contribution in [0.4, 0.5) is 0 Å². The number of nitrogens with zero attached hydrogens (tertiary/aromatic N) is 1. The summed E-state index contributed by atoms with van der Waals surface area (Å²) in [5, 5.41) is 9.75. The number of carboxylic acids is 1. The zero-order valence-corrected chi connectivity index (χ0v) is 57.8. The van der Waals surface area contributed by atoms with Crippen molar-refractivity contribution >= 4 is 17.9 Å². The molecule has 0 saturated heterocycles. The van der Waals surface area contributed by atoms with E-state index < -0.39 is 18.4 Å². The number of unbranched alkanes of at least 4 members (excludes halogenated alkanes) is 55. The third kappa shape index (κ3) is 69.4. The summed E-state index contributed by atoms with van der Waals surface area (Å²) < 4.78 is 23.0. The summed E-state index contributed by atoms with van der Waals surface area (Å²) in [5.41, 5.74) is 0. The molecule has 0 amide bonds. The minimum atomic E-state index is -1.51. The van der Waals surface area contributed by atoms with E-state index in [0.29, 0.717) is 17.4 Å². The fourth-order valence-electron chi connectivity index (χ4n) is 11.7. The Balaban J connectivity index is 3.97. The molecular formula is C76H148NO8+. The second kappa shape index (κ2) is 68.0. The van der Waals surface area contributed by atoms with Gasteiger partial charge in [0.25, 0.3) is 6.29 Å². The Bertz CT molecular complexity index is 1400. The van der Waals surface area contributed by atoms with Gasteiger partial charge in [-0.2, -0.15) is 0 Å². The van der Waals surface area contributed by atoms with Gasteiger partial charge in [0.2, 0.25) is 0 Å². The summed E-state index contributed by atoms with van der Waals surface area (Å²) in [6, 6.07) is 0. The number of hydrogen-bond donors (Lipinski definition) is 1. The van der Waals surface area contributed by atoms with Gasteiger partial charge in [-0.1, -0.05) is 360 Å². The lowest BCUT2D eigenvalue weighted by Crippen LogP contribution is -2.40. The Morgan fingerprint density at radius 2 is 0.600 bits per heavy atom. The van der Waals surface area contributed by atoms with E-state index in [0.717, 1.165) is 38.5 Å². The number of aliphatic carboxylic acids is 1. The third-order valence-corrected chi connectivity index (χ3v) is 17.5. The highest BCUT2D eigenvalue weighted by molar-refractivity contribution is 5.71. The van der Waals surface area contributed by atoms with E-state index in [9.17, 15) is 19.5 Å². The van der Waals surface area contributed by atoms with Gasteiger partial charge in [-0.05, 0) is 38.5 Å². The van der Waals surface area contributed by atoms with Gasteiger partial charge in [-0.25, -0.2) is 4.79 Å². The van der Waals surface area contributed by atoms with Gasteiger partial charge in [-0.15, -0.1) is 0 Å². The number of allylic oxidation sites excluding steroid dienone is 2. The minimum absolute atomic E-state index is 0.174. The van der Waals surface area contributed by atoms with Crippen LogP contribution in [0.5, 0.6) is 0 Å². The number of ether oxygens (including phenoxy) is 4. The van der Waals surface area contributed by atoms with Crippen molar-refractivity contribution in [1.82, 2.24) is 0 Å². The molecule has 0 heterocycles. The van der Waals surface area contributed by atoms with Crippen LogP contribution in [-0.4, -0.2) is 87.4 Å². The highest BCUT2D eigenvalue weighted by Crippen LogP contribution is 2.20. The Kier molecular flexibility index (Phi) is 66.4. The molecule has 0 fully saturated rings. The maximum Gasteiger partial charge on any atom is 0.361 e. The zero-order valence-electron chi connectivity index (χ0n) is 57.8. The monoisotopic (exact) mass is 1200 g/mol. The van der Waals surface area contributed by atoms with Gasteiger partial charge < -0.3 is 28.5 Å². The van der Waals surface area contributed by atoms with E-state index in [1.165, 1.54) is 334 Å². The van der Waals surface area contributed by atoms with Crippen molar-refractivity contribution in [3.05, 3.63) is 12.2 Å². The molecule has 0 aromatic rings. The van der Waals surface area contributed by atoms with Crippen LogP contribution in [0.15, 0.2) is 12.2 Å². The van der Waals surface area contributed by atoms with Gasteiger partial charge in [-0.3, -0.25) is 9.59 Å². The molecule has 9 nitrogen and oxygen atoms in total. The molecule has 504 valence electrons. The summed E-state index contributed by atoms with van der Waals surface area (Å²) in [7, 11) is 6.00. The highest BCUT2D eigenvalue weighted by Gasteiger charge is 2.25. The second-order valence-electron chi connectivity index (χ2n) is 27.3. The van der Waals surface area contributed by atoms with Crippen molar-refractivity contribution in [3.8, 4) is 0 Å². The SMILES string of the molecule is CCCCCCCCCC/C=C\CCCCCCCCCCCCCCCC(=O)OC(COC(=O)CCCCCCCCCCCCCCCCCCCCCCCCCCCCCCCCCCCCC)COC(OCC[N+](C)(C)C)C(=O)O. The van der Waals surface area contributed by atoms with Crippen molar-refractivity contribution in [2.24, 2.45) is 0 Å². The number of carbonyl (C=O) groups is 3. The van der Waals surface area contributed by atoms with E-state index in [2.05, 4.69) is 26.0 Å². The summed E-state index contributed by atoms with van der Waals surface area (Å²) in [5.74, 6) is -1.97. The zero-order chi connectivity index (χ0) is 61.9. The molecule has 1 N–H and O–H groups in total. The van der Waals surface area contributed by atoms with Gasteiger partial charge in [0, 0.05) is 12.8 Å². The molecule has 2 atom stereocenters. The molecule has 85 heavy (non-hydrogen) atoms. The van der Waals surface area contributed by atoms with Gasteiger partial charge in [0.1, 0.15) is 13.2 Å². The standard InChI is InChI=1S/C76H147NO8/c1-6-8-10-12-14-16-18-20-22-24-26-28-30-32-33-34-35-36-37-38-39-40-41-43-44-46-48-50-52-54-56-58-60-62-64-66-73(78)83-70-72(71-84-76(75(80)81)82-69-68-77(3,4)5)85-74(79)67-65-63-61-59-57-55-53-51-49-47-45-42-31-29-27-25-23-21-19-17-15-13-11-9-7-2/h25,27,72,76H,6-24,26,28-71H2,1-5H3/p+1/b27-25-. The van der Waals surface area contributed by atoms with Crippen LogP contribution >= 0.6 is 0 Å². The molecule has 0 aromatic carbocycles. The minimum Gasteiger partial charge on any atom is -0.477 e. The quantitative estimate of drug-likeness (QED) is 0.0211. The number of carbonyl (C=O) groups excluding carboxylic acids is 2. The van der Waals surface area contributed by atoms with E-state index in [1.807, 2.05) is 21.1 Å². The number of esters is 2. The van der Waals surface area contributed by atoms with Crippen LogP contribution in [-0.2, 0) is 33.3 Å². The van der Waals surface area contributed by atoms with Gasteiger partial charge in [0.15, 0.2) is 6.10 Å². The Hall–Kier alpha value is -1.97. The number of hydrogen-bond acceptors (Lipinski definition) is 7. The first kappa shape index (κ1) is 83.0. The lowest BCUT2D eigenvalue weighted by molar-refractivity contribution is -0.870. The maximum atomic E-state index is 12.9. The smallest absolute Gasteiger partial charge is 0.361 e. The summed E-state index contributed by atoms with van der Waals surface area (Å²) in [6.07, 6.45) is 80.7. The topological polar surface area (TPSA) is 108 Å². The molecule has 0 aliphatic carbocycles. The number of carboxylic acid groups (broad SMARTS) is 1. The molecule has 0 radical (unpaired) electrons. The van der Waals surface area contributed by atoms with Crippen LogP contribution in [0.1, 0.15) is 399 Å². The predicted octanol–water partition coefficient (Wildman–Crippen LogP) is 23.6. The lowest BCUT2D eigenvalue weighted by Gasteiger charge is -2.25. The molecule has 0 spiro atoms. The molecule has 9 heteroatoms. The van der Waals surface area contributed by atoms with Crippen LogP contribution in [0.2, 0.25) is 0 Å². The van der Waals surface area contributed by atoms with Crippen molar-refractivity contribution in [1.29, 1.82) is 0 Å². The Morgan fingerprint density at radius 3 is 0.871 bits per heavy atom.